The molecule has 0 radical (unpaired) electrons. The zero-order valence-electron chi connectivity index (χ0n) is 12.6. The van der Waals surface area contributed by atoms with Gasteiger partial charge in [-0.1, -0.05) is 18.2 Å². The molecule has 114 valence electrons. The molecule has 2 aromatic carbocycles. The number of Topliss-reactive ketones (excluding diaryl/α,β-unsaturated/α-hetero) is 1. The van der Waals surface area contributed by atoms with Gasteiger partial charge in [0.1, 0.15) is 5.75 Å². The molecule has 0 heterocycles. The summed E-state index contributed by atoms with van der Waals surface area (Å²) < 4.78 is 5.07. The molecule has 0 unspecified atom stereocenters. The Morgan fingerprint density at radius 1 is 1.14 bits per heavy atom. The van der Waals surface area contributed by atoms with Crippen molar-refractivity contribution in [1.82, 2.24) is 5.32 Å². The fraction of sp³-hybridized carbons (Fsp3) is 0.176. The summed E-state index contributed by atoms with van der Waals surface area (Å²) in [6.07, 6.45) is 0. The number of hydrogen-bond acceptors (Lipinski definition) is 3. The van der Waals surface area contributed by atoms with E-state index in [0.29, 0.717) is 10.7 Å². The summed E-state index contributed by atoms with van der Waals surface area (Å²) >= 11 is 5.21. The number of hydrogen-bond donors (Lipinski definition) is 2. The van der Waals surface area contributed by atoms with E-state index in [1.54, 1.807) is 31.4 Å². The third kappa shape index (κ3) is 4.30. The minimum Gasteiger partial charge on any atom is -0.497 e. The summed E-state index contributed by atoms with van der Waals surface area (Å²) in [4.78, 5) is 12.1. The van der Waals surface area contributed by atoms with Crippen molar-refractivity contribution >= 4 is 28.8 Å². The highest BCUT2D eigenvalue weighted by atomic mass is 32.1. The second-order valence-electron chi connectivity index (χ2n) is 4.77. The highest BCUT2D eigenvalue weighted by molar-refractivity contribution is 7.80. The maximum atomic E-state index is 12.1. The number of thiocarbonyl (C=S) groups is 1. The van der Waals surface area contributed by atoms with E-state index in [4.69, 9.17) is 17.0 Å². The maximum absolute atomic E-state index is 12.1. The standard InChI is InChI=1S/C17H18N2O2S/c1-12-5-3-4-6-15(12)19-17(22)18-11-16(20)13-7-9-14(21-2)10-8-13/h3-10H,11H2,1-2H3,(H2,18,19,22). The van der Waals surface area contributed by atoms with Gasteiger partial charge in [-0.05, 0) is 55.0 Å². The van der Waals surface area contributed by atoms with Gasteiger partial charge in [0.2, 0.25) is 0 Å². The number of aryl methyl sites for hydroxylation is 1. The van der Waals surface area contributed by atoms with Crippen LogP contribution in [-0.2, 0) is 0 Å². The first kappa shape index (κ1) is 16.0. The largest absolute Gasteiger partial charge is 0.497 e. The van der Waals surface area contributed by atoms with Crippen LogP contribution < -0.4 is 15.4 Å². The van der Waals surface area contributed by atoms with Gasteiger partial charge in [0.15, 0.2) is 10.9 Å². The predicted molar refractivity (Wildman–Crippen MR) is 92.7 cm³/mol. The highest BCUT2D eigenvalue weighted by Gasteiger charge is 2.07. The van der Waals surface area contributed by atoms with E-state index < -0.39 is 0 Å². The molecular formula is C17H18N2O2S. The van der Waals surface area contributed by atoms with Gasteiger partial charge in [0.25, 0.3) is 0 Å². The summed E-state index contributed by atoms with van der Waals surface area (Å²) in [5.41, 5.74) is 2.64. The Hall–Kier alpha value is -2.40. The number of rotatable bonds is 5. The number of ether oxygens (including phenoxy) is 1. The highest BCUT2D eigenvalue weighted by Crippen LogP contribution is 2.13. The van der Waals surface area contributed by atoms with Crippen molar-refractivity contribution in [3.05, 3.63) is 59.7 Å². The molecule has 2 aromatic rings. The van der Waals surface area contributed by atoms with Gasteiger partial charge in [-0.15, -0.1) is 0 Å². The van der Waals surface area contributed by atoms with Gasteiger partial charge in [-0.3, -0.25) is 4.79 Å². The molecule has 5 heteroatoms. The van der Waals surface area contributed by atoms with Crippen LogP contribution in [0.2, 0.25) is 0 Å². The van der Waals surface area contributed by atoms with E-state index in [9.17, 15) is 4.79 Å². The van der Waals surface area contributed by atoms with E-state index in [1.165, 1.54) is 0 Å². The van der Waals surface area contributed by atoms with Crippen molar-refractivity contribution < 1.29 is 9.53 Å². The molecule has 0 aliphatic rings. The Labute approximate surface area is 135 Å². The topological polar surface area (TPSA) is 50.4 Å². The molecule has 0 saturated heterocycles. The van der Waals surface area contributed by atoms with E-state index in [-0.39, 0.29) is 12.3 Å². The second kappa shape index (κ2) is 7.56. The number of para-hydroxylation sites is 1. The van der Waals surface area contributed by atoms with Crippen LogP contribution in [0.4, 0.5) is 5.69 Å². The normalized spacial score (nSPS) is 9.91. The first-order chi connectivity index (χ1) is 10.6. The molecule has 2 N–H and O–H groups in total. The first-order valence-electron chi connectivity index (χ1n) is 6.88. The average Bonchev–Trinajstić information content (AvgIpc) is 2.55. The number of anilines is 1. The Balaban J connectivity index is 1.87. The smallest absolute Gasteiger partial charge is 0.181 e. The molecule has 0 amide bonds. The van der Waals surface area contributed by atoms with E-state index in [0.717, 1.165) is 17.0 Å². The number of nitrogens with one attached hydrogen (secondary N) is 2. The molecule has 0 aliphatic heterocycles. The number of carbonyl (C=O) groups is 1. The van der Waals surface area contributed by atoms with Crippen LogP contribution in [0.3, 0.4) is 0 Å². The Bertz CT molecular complexity index is 669. The minimum atomic E-state index is -0.0309. The molecule has 0 spiro atoms. The van der Waals surface area contributed by atoms with Gasteiger partial charge in [0, 0.05) is 11.3 Å². The SMILES string of the molecule is COc1ccc(C(=O)CNC(=S)Nc2ccccc2C)cc1. The quantitative estimate of drug-likeness (QED) is 0.656. The Kier molecular flexibility index (Phi) is 5.49. The molecule has 2 rings (SSSR count). The summed E-state index contributed by atoms with van der Waals surface area (Å²) in [6, 6.07) is 14.8. The average molecular weight is 314 g/mol. The van der Waals surface area contributed by atoms with Crippen molar-refractivity contribution in [2.45, 2.75) is 6.92 Å². The monoisotopic (exact) mass is 314 g/mol. The first-order valence-corrected chi connectivity index (χ1v) is 7.28. The van der Waals surface area contributed by atoms with Crippen molar-refractivity contribution in [2.75, 3.05) is 19.0 Å². The van der Waals surface area contributed by atoms with E-state index in [1.807, 2.05) is 31.2 Å². The van der Waals surface area contributed by atoms with Crippen LogP contribution in [0.5, 0.6) is 5.75 Å². The van der Waals surface area contributed by atoms with Gasteiger partial charge in [0.05, 0.1) is 13.7 Å². The van der Waals surface area contributed by atoms with Crippen LogP contribution >= 0.6 is 12.2 Å². The lowest BCUT2D eigenvalue weighted by molar-refractivity contribution is 0.0996. The zero-order valence-corrected chi connectivity index (χ0v) is 13.4. The molecule has 0 atom stereocenters. The molecule has 0 aliphatic carbocycles. The number of methoxy groups -OCH3 is 1. The molecule has 0 saturated carbocycles. The second-order valence-corrected chi connectivity index (χ2v) is 5.18. The molecule has 0 fully saturated rings. The van der Waals surface area contributed by atoms with Crippen molar-refractivity contribution in [2.24, 2.45) is 0 Å². The van der Waals surface area contributed by atoms with Crippen LogP contribution in [0, 0.1) is 6.92 Å². The maximum Gasteiger partial charge on any atom is 0.181 e. The third-order valence-electron chi connectivity index (χ3n) is 3.21. The van der Waals surface area contributed by atoms with Crippen LogP contribution in [-0.4, -0.2) is 24.6 Å². The Morgan fingerprint density at radius 3 is 2.45 bits per heavy atom. The number of benzene rings is 2. The van der Waals surface area contributed by atoms with Gasteiger partial charge in [-0.2, -0.15) is 0 Å². The Morgan fingerprint density at radius 2 is 1.82 bits per heavy atom. The fourth-order valence-electron chi connectivity index (χ4n) is 1.92. The summed E-state index contributed by atoms with van der Waals surface area (Å²) in [5, 5.41) is 6.44. The molecule has 4 nitrogen and oxygen atoms in total. The molecule has 22 heavy (non-hydrogen) atoms. The lowest BCUT2D eigenvalue weighted by atomic mass is 10.1. The lowest BCUT2D eigenvalue weighted by Gasteiger charge is -2.12. The van der Waals surface area contributed by atoms with E-state index >= 15 is 0 Å². The fourth-order valence-corrected chi connectivity index (χ4v) is 2.10. The van der Waals surface area contributed by atoms with Crippen molar-refractivity contribution in [3.63, 3.8) is 0 Å². The molecular weight excluding hydrogens is 296 g/mol. The number of carbonyl (C=O) groups excluding carboxylic acids is 1. The van der Waals surface area contributed by atoms with Crippen LogP contribution in [0.15, 0.2) is 48.5 Å². The predicted octanol–water partition coefficient (Wildman–Crippen LogP) is 3.17. The van der Waals surface area contributed by atoms with Crippen molar-refractivity contribution in [1.29, 1.82) is 0 Å². The van der Waals surface area contributed by atoms with E-state index in [2.05, 4.69) is 10.6 Å². The lowest BCUT2D eigenvalue weighted by Crippen LogP contribution is -2.33. The summed E-state index contributed by atoms with van der Waals surface area (Å²) in [6.45, 7) is 2.14. The van der Waals surface area contributed by atoms with Crippen LogP contribution in [0.1, 0.15) is 15.9 Å². The van der Waals surface area contributed by atoms with Crippen molar-refractivity contribution in [3.8, 4) is 5.75 Å². The third-order valence-corrected chi connectivity index (χ3v) is 3.46. The molecule has 0 bridgehead atoms. The molecule has 0 aromatic heterocycles. The van der Waals surface area contributed by atoms with Gasteiger partial charge in [-0.25, -0.2) is 0 Å². The summed E-state index contributed by atoms with van der Waals surface area (Å²) in [5.74, 6) is 0.692. The van der Waals surface area contributed by atoms with Gasteiger partial charge >= 0.3 is 0 Å². The van der Waals surface area contributed by atoms with Crippen LogP contribution in [0.25, 0.3) is 0 Å². The number of ketones is 1. The van der Waals surface area contributed by atoms with Gasteiger partial charge < -0.3 is 15.4 Å². The zero-order chi connectivity index (χ0) is 15.9. The summed E-state index contributed by atoms with van der Waals surface area (Å²) in [7, 11) is 1.59. The minimum absolute atomic E-state index is 0.0309.